The van der Waals surface area contributed by atoms with Gasteiger partial charge < -0.3 is 10.6 Å². The van der Waals surface area contributed by atoms with Crippen molar-refractivity contribution in [2.75, 3.05) is 18.5 Å². The Morgan fingerprint density at radius 2 is 1.81 bits per heavy atom. The van der Waals surface area contributed by atoms with E-state index in [1.54, 1.807) is 0 Å². The summed E-state index contributed by atoms with van der Waals surface area (Å²) in [5, 5.41) is 0.795. The van der Waals surface area contributed by atoms with Gasteiger partial charge in [-0.05, 0) is 37.0 Å². The molecule has 0 fully saturated rings. The van der Waals surface area contributed by atoms with Gasteiger partial charge in [-0.15, -0.1) is 0 Å². The summed E-state index contributed by atoms with van der Waals surface area (Å²) in [4.78, 5) is 2.23. The van der Waals surface area contributed by atoms with E-state index in [4.69, 9.17) is 17.3 Å². The summed E-state index contributed by atoms with van der Waals surface area (Å²) in [7, 11) is 2.09. The minimum Gasteiger partial charge on any atom is -0.373 e. The number of hydrogen-bond acceptors (Lipinski definition) is 2. The van der Waals surface area contributed by atoms with Crippen molar-refractivity contribution in [2.45, 2.75) is 25.8 Å². The maximum Gasteiger partial charge on any atom is 0.0642 e. The van der Waals surface area contributed by atoms with Gasteiger partial charge in [-0.1, -0.05) is 54.1 Å². The largest absolute Gasteiger partial charge is 0.373 e. The van der Waals surface area contributed by atoms with Gasteiger partial charge in [0.1, 0.15) is 0 Å². The van der Waals surface area contributed by atoms with Crippen LogP contribution in [-0.4, -0.2) is 19.6 Å². The third kappa shape index (κ3) is 4.48. The molecule has 2 aromatic carbocycles. The fourth-order valence-electron chi connectivity index (χ4n) is 2.55. The van der Waals surface area contributed by atoms with Crippen molar-refractivity contribution in [1.29, 1.82) is 0 Å². The predicted molar refractivity (Wildman–Crippen MR) is 92.2 cm³/mol. The van der Waals surface area contributed by atoms with Crippen LogP contribution in [0, 0.1) is 0 Å². The highest BCUT2D eigenvalue weighted by Crippen LogP contribution is 2.30. The number of rotatable bonds is 6. The molecule has 0 aliphatic rings. The van der Waals surface area contributed by atoms with Gasteiger partial charge in [0, 0.05) is 19.6 Å². The molecule has 112 valence electrons. The summed E-state index contributed by atoms with van der Waals surface area (Å²) in [6.07, 6.45) is 1.84. The molecule has 2 N–H and O–H groups in total. The molecule has 2 nitrogen and oxygen atoms in total. The molecule has 0 radical (unpaired) electrons. The second-order valence-electron chi connectivity index (χ2n) is 5.59. The van der Waals surface area contributed by atoms with Crippen molar-refractivity contribution < 1.29 is 0 Å². The fourth-order valence-corrected chi connectivity index (χ4v) is 2.89. The maximum absolute atomic E-state index is 6.41. The van der Waals surface area contributed by atoms with E-state index >= 15 is 0 Å². The fraction of sp³-hybridized carbons (Fsp3) is 0.333. The van der Waals surface area contributed by atoms with Crippen LogP contribution in [0.4, 0.5) is 5.69 Å². The lowest BCUT2D eigenvalue weighted by Gasteiger charge is -2.24. The average molecular weight is 303 g/mol. The second kappa shape index (κ2) is 7.48. The molecule has 21 heavy (non-hydrogen) atoms. The average Bonchev–Trinajstić information content (AvgIpc) is 2.45. The van der Waals surface area contributed by atoms with Gasteiger partial charge in [-0.25, -0.2) is 0 Å². The number of nitrogens with two attached hydrogens (primary N) is 1. The summed E-state index contributed by atoms with van der Waals surface area (Å²) in [5.41, 5.74) is 9.60. The highest BCUT2D eigenvalue weighted by molar-refractivity contribution is 6.33. The monoisotopic (exact) mass is 302 g/mol. The Hall–Kier alpha value is -1.51. The molecule has 0 spiro atoms. The SMILES string of the molecule is CC(N)Cc1cccc(Cl)c1N(C)CCc1ccccc1. The summed E-state index contributed by atoms with van der Waals surface area (Å²) in [6.45, 7) is 2.95. The molecule has 3 heteroatoms. The molecule has 0 bridgehead atoms. The van der Waals surface area contributed by atoms with Crippen LogP contribution in [-0.2, 0) is 12.8 Å². The Kier molecular flexibility index (Phi) is 5.66. The molecule has 0 aliphatic carbocycles. The predicted octanol–water partition coefficient (Wildman–Crippen LogP) is 3.91. The van der Waals surface area contributed by atoms with Crippen molar-refractivity contribution in [1.82, 2.24) is 0 Å². The Morgan fingerprint density at radius 3 is 2.48 bits per heavy atom. The van der Waals surface area contributed by atoms with Crippen LogP contribution in [0.25, 0.3) is 0 Å². The van der Waals surface area contributed by atoms with Gasteiger partial charge in [-0.3, -0.25) is 0 Å². The van der Waals surface area contributed by atoms with Gasteiger partial charge in [0.25, 0.3) is 0 Å². The van der Waals surface area contributed by atoms with E-state index in [1.165, 1.54) is 11.1 Å². The first-order valence-electron chi connectivity index (χ1n) is 7.36. The summed E-state index contributed by atoms with van der Waals surface area (Å²) < 4.78 is 0. The highest BCUT2D eigenvalue weighted by Gasteiger charge is 2.12. The quantitative estimate of drug-likeness (QED) is 0.876. The van der Waals surface area contributed by atoms with Gasteiger partial charge in [0.2, 0.25) is 0 Å². The minimum absolute atomic E-state index is 0.129. The molecule has 0 amide bonds. The van der Waals surface area contributed by atoms with E-state index in [0.29, 0.717) is 0 Å². The first kappa shape index (κ1) is 15.9. The lowest BCUT2D eigenvalue weighted by molar-refractivity contribution is 0.733. The molecule has 0 saturated heterocycles. The Bertz CT molecular complexity index is 567. The standard InChI is InChI=1S/C18H23ClN2/c1-14(20)13-16-9-6-10-17(19)18(16)21(2)12-11-15-7-4-3-5-8-15/h3-10,14H,11-13,20H2,1-2H3. The molecule has 1 unspecified atom stereocenters. The highest BCUT2D eigenvalue weighted by atomic mass is 35.5. The molecule has 2 rings (SSSR count). The molecular weight excluding hydrogens is 280 g/mol. The zero-order chi connectivity index (χ0) is 15.2. The van der Waals surface area contributed by atoms with Crippen molar-refractivity contribution in [3.05, 3.63) is 64.7 Å². The zero-order valence-corrected chi connectivity index (χ0v) is 13.5. The summed E-state index contributed by atoms with van der Waals surface area (Å²) >= 11 is 6.41. The number of hydrogen-bond donors (Lipinski definition) is 1. The second-order valence-corrected chi connectivity index (χ2v) is 5.99. The van der Waals surface area contributed by atoms with Crippen LogP contribution in [0.15, 0.2) is 48.5 Å². The van der Waals surface area contributed by atoms with Gasteiger partial charge in [0.15, 0.2) is 0 Å². The lowest BCUT2D eigenvalue weighted by Crippen LogP contribution is -2.24. The minimum atomic E-state index is 0.129. The Balaban J connectivity index is 2.12. The first-order valence-corrected chi connectivity index (χ1v) is 7.73. The molecule has 0 heterocycles. The number of likely N-dealkylation sites (N-methyl/N-ethyl adjacent to an activating group) is 1. The number of para-hydroxylation sites is 1. The third-order valence-electron chi connectivity index (χ3n) is 3.57. The zero-order valence-electron chi connectivity index (χ0n) is 12.7. The molecule has 0 saturated carbocycles. The molecular formula is C18H23ClN2. The van der Waals surface area contributed by atoms with E-state index in [2.05, 4.69) is 42.3 Å². The van der Waals surface area contributed by atoms with Crippen LogP contribution in [0.1, 0.15) is 18.1 Å². The van der Waals surface area contributed by atoms with E-state index in [9.17, 15) is 0 Å². The number of halogens is 1. The van der Waals surface area contributed by atoms with Crippen LogP contribution < -0.4 is 10.6 Å². The normalized spacial score (nSPS) is 12.2. The smallest absolute Gasteiger partial charge is 0.0642 e. The van der Waals surface area contributed by atoms with Crippen LogP contribution in [0.3, 0.4) is 0 Å². The van der Waals surface area contributed by atoms with Crippen LogP contribution in [0.5, 0.6) is 0 Å². The number of benzene rings is 2. The first-order chi connectivity index (χ1) is 10.1. The molecule has 1 atom stereocenters. The van der Waals surface area contributed by atoms with Crippen molar-refractivity contribution >= 4 is 17.3 Å². The maximum atomic E-state index is 6.41. The lowest BCUT2D eigenvalue weighted by atomic mass is 10.0. The Morgan fingerprint density at radius 1 is 1.10 bits per heavy atom. The molecule has 2 aromatic rings. The topological polar surface area (TPSA) is 29.3 Å². The van der Waals surface area contributed by atoms with Crippen molar-refractivity contribution in [3.8, 4) is 0 Å². The van der Waals surface area contributed by atoms with Crippen molar-refractivity contribution in [2.24, 2.45) is 5.73 Å². The van der Waals surface area contributed by atoms with E-state index in [1.807, 2.05) is 25.1 Å². The summed E-state index contributed by atoms with van der Waals surface area (Å²) in [5.74, 6) is 0. The van der Waals surface area contributed by atoms with Crippen molar-refractivity contribution in [3.63, 3.8) is 0 Å². The summed E-state index contributed by atoms with van der Waals surface area (Å²) in [6, 6.07) is 16.7. The van der Waals surface area contributed by atoms with Gasteiger partial charge >= 0.3 is 0 Å². The number of nitrogens with zero attached hydrogens (tertiary/aromatic N) is 1. The van der Waals surface area contributed by atoms with Crippen LogP contribution in [0.2, 0.25) is 5.02 Å². The van der Waals surface area contributed by atoms with E-state index in [0.717, 1.165) is 30.1 Å². The third-order valence-corrected chi connectivity index (χ3v) is 3.88. The molecule has 0 aliphatic heterocycles. The molecule has 0 aromatic heterocycles. The van der Waals surface area contributed by atoms with Gasteiger partial charge in [-0.2, -0.15) is 0 Å². The van der Waals surface area contributed by atoms with E-state index in [-0.39, 0.29) is 6.04 Å². The number of anilines is 1. The Labute approximate surface area is 132 Å². The van der Waals surface area contributed by atoms with Crippen LogP contribution >= 0.6 is 11.6 Å². The van der Waals surface area contributed by atoms with E-state index < -0.39 is 0 Å². The van der Waals surface area contributed by atoms with Gasteiger partial charge in [0.05, 0.1) is 10.7 Å².